The molecule has 1 saturated carbocycles. The molecule has 5 nitrogen and oxygen atoms in total. The summed E-state index contributed by atoms with van der Waals surface area (Å²) in [5, 5.41) is 6.50. The summed E-state index contributed by atoms with van der Waals surface area (Å²) < 4.78 is 5.56. The minimum Gasteiger partial charge on any atom is -0.381 e. The van der Waals surface area contributed by atoms with Crippen LogP contribution in [0, 0.1) is 5.41 Å². The highest BCUT2D eigenvalue weighted by molar-refractivity contribution is 7.09. The molecule has 0 radical (unpaired) electrons. The largest absolute Gasteiger partial charge is 0.381 e. The average Bonchev–Trinajstić information content (AvgIpc) is 3.27. The third kappa shape index (κ3) is 3.06. The number of ether oxygens (including phenoxy) is 1. The average molecular weight is 349 g/mol. The van der Waals surface area contributed by atoms with Crippen LogP contribution in [-0.4, -0.2) is 41.7 Å². The molecular formula is C18H27N3O2S. The summed E-state index contributed by atoms with van der Waals surface area (Å²) in [6.45, 7) is 2.54. The lowest BCUT2D eigenvalue weighted by atomic mass is 9.75. The Morgan fingerprint density at radius 3 is 2.92 bits per heavy atom. The first-order valence-corrected chi connectivity index (χ1v) is 10.2. The van der Waals surface area contributed by atoms with Crippen LogP contribution in [0.25, 0.3) is 0 Å². The van der Waals surface area contributed by atoms with Crippen LogP contribution in [0.4, 0.5) is 4.79 Å². The van der Waals surface area contributed by atoms with Crippen molar-refractivity contribution in [3.8, 4) is 0 Å². The van der Waals surface area contributed by atoms with Gasteiger partial charge in [-0.25, -0.2) is 9.78 Å². The highest BCUT2D eigenvalue weighted by Crippen LogP contribution is 2.46. The zero-order chi connectivity index (χ0) is 16.4. The van der Waals surface area contributed by atoms with Gasteiger partial charge >= 0.3 is 6.03 Å². The number of urea groups is 1. The number of carbonyl (C=O) groups excluding carboxylic acids is 1. The molecule has 2 saturated heterocycles. The van der Waals surface area contributed by atoms with Crippen molar-refractivity contribution in [1.29, 1.82) is 0 Å². The standard InChI is InChI=1S/C18H27N3O2S/c22-17(20-15-5-3-6-18(15)7-11-23-12-8-18)21-10-2-1-4-14(21)16-19-9-13-24-16/h9,13-15H,1-8,10-12H2,(H,20,22)/t14-,15+/m0/s1. The molecule has 3 aliphatic rings. The molecule has 6 heteroatoms. The summed E-state index contributed by atoms with van der Waals surface area (Å²) in [4.78, 5) is 19.5. The number of thiazole rings is 1. The van der Waals surface area contributed by atoms with Gasteiger partial charge in [-0.1, -0.05) is 6.42 Å². The molecule has 132 valence electrons. The van der Waals surface area contributed by atoms with Gasteiger partial charge in [0.15, 0.2) is 0 Å². The van der Waals surface area contributed by atoms with Crippen molar-refractivity contribution in [1.82, 2.24) is 15.2 Å². The van der Waals surface area contributed by atoms with Crippen LogP contribution in [-0.2, 0) is 4.74 Å². The highest BCUT2D eigenvalue weighted by Gasteiger charge is 2.45. The molecule has 0 aromatic carbocycles. The second-order valence-electron chi connectivity index (χ2n) is 7.44. The van der Waals surface area contributed by atoms with Crippen LogP contribution in [0.15, 0.2) is 11.6 Å². The van der Waals surface area contributed by atoms with Gasteiger partial charge in [-0.15, -0.1) is 11.3 Å². The molecule has 1 aromatic rings. The number of aromatic nitrogens is 1. The zero-order valence-electron chi connectivity index (χ0n) is 14.2. The Morgan fingerprint density at radius 2 is 2.12 bits per heavy atom. The van der Waals surface area contributed by atoms with Crippen molar-refractivity contribution >= 4 is 17.4 Å². The number of amides is 2. The number of carbonyl (C=O) groups is 1. The molecule has 1 aliphatic carbocycles. The Balaban J connectivity index is 1.46. The van der Waals surface area contributed by atoms with E-state index in [4.69, 9.17) is 4.74 Å². The van der Waals surface area contributed by atoms with Gasteiger partial charge in [-0.2, -0.15) is 0 Å². The predicted molar refractivity (Wildman–Crippen MR) is 94.1 cm³/mol. The monoisotopic (exact) mass is 349 g/mol. The van der Waals surface area contributed by atoms with Crippen LogP contribution < -0.4 is 5.32 Å². The van der Waals surface area contributed by atoms with Crippen molar-refractivity contribution in [2.45, 2.75) is 63.5 Å². The van der Waals surface area contributed by atoms with Crippen molar-refractivity contribution in [3.05, 3.63) is 16.6 Å². The van der Waals surface area contributed by atoms with Crippen molar-refractivity contribution in [2.24, 2.45) is 5.41 Å². The maximum Gasteiger partial charge on any atom is 0.318 e. The molecule has 1 spiro atoms. The van der Waals surface area contributed by atoms with Crippen molar-refractivity contribution in [3.63, 3.8) is 0 Å². The van der Waals surface area contributed by atoms with E-state index in [-0.39, 0.29) is 17.5 Å². The quantitative estimate of drug-likeness (QED) is 0.885. The van der Waals surface area contributed by atoms with E-state index in [1.807, 2.05) is 16.5 Å². The SMILES string of the molecule is O=C(N[C@@H]1CCCC12CCOCC2)N1CCCC[C@H]1c1nccs1. The van der Waals surface area contributed by atoms with E-state index in [0.29, 0.717) is 6.04 Å². The van der Waals surface area contributed by atoms with Crippen molar-refractivity contribution < 1.29 is 9.53 Å². The van der Waals surface area contributed by atoms with E-state index >= 15 is 0 Å². The minimum atomic E-state index is 0.118. The van der Waals surface area contributed by atoms with Gasteiger partial charge in [-0.05, 0) is 50.4 Å². The van der Waals surface area contributed by atoms with E-state index in [9.17, 15) is 4.79 Å². The fourth-order valence-corrected chi connectivity index (χ4v) is 5.59. The van der Waals surface area contributed by atoms with Gasteiger partial charge in [0.2, 0.25) is 0 Å². The van der Waals surface area contributed by atoms with Crippen LogP contribution in [0.3, 0.4) is 0 Å². The Morgan fingerprint density at radius 1 is 1.25 bits per heavy atom. The van der Waals surface area contributed by atoms with Gasteiger partial charge in [0, 0.05) is 37.4 Å². The first-order valence-electron chi connectivity index (χ1n) is 9.33. The molecular weight excluding hydrogens is 322 g/mol. The third-order valence-corrected chi connectivity index (χ3v) is 7.07. The molecule has 2 aliphatic heterocycles. The van der Waals surface area contributed by atoms with E-state index in [1.165, 1.54) is 19.3 Å². The lowest BCUT2D eigenvalue weighted by Crippen LogP contribution is -2.52. The summed E-state index contributed by atoms with van der Waals surface area (Å²) in [7, 11) is 0. The molecule has 2 atom stereocenters. The first kappa shape index (κ1) is 16.3. The van der Waals surface area contributed by atoms with Gasteiger partial charge < -0.3 is 15.0 Å². The van der Waals surface area contributed by atoms with Crippen LogP contribution in [0.1, 0.15) is 62.4 Å². The summed E-state index contributed by atoms with van der Waals surface area (Å²) in [5.74, 6) is 0. The molecule has 3 heterocycles. The number of rotatable bonds is 2. The number of likely N-dealkylation sites (tertiary alicyclic amines) is 1. The minimum absolute atomic E-state index is 0.118. The lowest BCUT2D eigenvalue weighted by molar-refractivity contribution is 0.00486. The van der Waals surface area contributed by atoms with Gasteiger partial charge in [0.05, 0.1) is 6.04 Å². The lowest BCUT2D eigenvalue weighted by Gasteiger charge is -2.41. The number of hydrogen-bond acceptors (Lipinski definition) is 4. The van der Waals surface area contributed by atoms with E-state index < -0.39 is 0 Å². The Kier molecular flexibility index (Phi) is 4.77. The third-order valence-electron chi connectivity index (χ3n) is 6.19. The smallest absolute Gasteiger partial charge is 0.318 e. The maximum atomic E-state index is 13.0. The van der Waals surface area contributed by atoms with Crippen LogP contribution in [0.2, 0.25) is 0 Å². The van der Waals surface area contributed by atoms with Gasteiger partial charge in [0.25, 0.3) is 0 Å². The fraction of sp³-hybridized carbons (Fsp3) is 0.778. The molecule has 1 aromatic heterocycles. The summed E-state index contributed by atoms with van der Waals surface area (Å²) in [6, 6.07) is 0.589. The molecule has 4 rings (SSSR count). The topological polar surface area (TPSA) is 54.5 Å². The number of piperidine rings is 1. The summed E-state index contributed by atoms with van der Waals surface area (Å²) >= 11 is 1.67. The fourth-order valence-electron chi connectivity index (χ4n) is 4.80. The Bertz CT molecular complexity index is 557. The highest BCUT2D eigenvalue weighted by atomic mass is 32.1. The Labute approximate surface area is 147 Å². The van der Waals surface area contributed by atoms with Gasteiger partial charge in [-0.3, -0.25) is 0 Å². The number of nitrogens with one attached hydrogen (secondary N) is 1. The van der Waals surface area contributed by atoms with Crippen LogP contribution >= 0.6 is 11.3 Å². The second-order valence-corrected chi connectivity index (χ2v) is 8.37. The normalized spacial score (nSPS) is 29.8. The zero-order valence-corrected chi connectivity index (χ0v) is 15.0. The second kappa shape index (κ2) is 7.00. The molecule has 0 unspecified atom stereocenters. The maximum absolute atomic E-state index is 13.0. The molecule has 3 fully saturated rings. The molecule has 0 bridgehead atoms. The first-order chi connectivity index (χ1) is 11.8. The van der Waals surface area contributed by atoms with E-state index in [2.05, 4.69) is 10.3 Å². The number of nitrogens with zero attached hydrogens (tertiary/aromatic N) is 2. The predicted octanol–water partition coefficient (Wildman–Crippen LogP) is 3.73. The van der Waals surface area contributed by atoms with E-state index in [0.717, 1.165) is 56.9 Å². The van der Waals surface area contributed by atoms with E-state index in [1.54, 1.807) is 11.3 Å². The number of hydrogen-bond donors (Lipinski definition) is 1. The Hall–Kier alpha value is -1.14. The van der Waals surface area contributed by atoms with Crippen LogP contribution in [0.5, 0.6) is 0 Å². The molecule has 2 amide bonds. The summed E-state index contributed by atoms with van der Waals surface area (Å²) in [6.07, 6.45) is 10.9. The molecule has 1 N–H and O–H groups in total. The van der Waals surface area contributed by atoms with Crippen molar-refractivity contribution in [2.75, 3.05) is 19.8 Å². The van der Waals surface area contributed by atoms with Gasteiger partial charge in [0.1, 0.15) is 5.01 Å². The molecule has 24 heavy (non-hydrogen) atoms. The summed E-state index contributed by atoms with van der Waals surface area (Å²) in [5.41, 5.74) is 0.278.